The van der Waals surface area contributed by atoms with E-state index in [-0.39, 0.29) is 6.61 Å². The highest BCUT2D eigenvalue weighted by Gasteiger charge is 2.22. The summed E-state index contributed by atoms with van der Waals surface area (Å²) in [4.78, 5) is 2.44. The fourth-order valence-electron chi connectivity index (χ4n) is 2.82. The Bertz CT molecular complexity index is 224. The van der Waals surface area contributed by atoms with Crippen molar-refractivity contribution in [2.45, 2.75) is 44.2 Å². The molecule has 3 nitrogen and oxygen atoms in total. The Kier molecular flexibility index (Phi) is 4.82. The number of aliphatic hydroxyl groups is 1. The van der Waals surface area contributed by atoms with Crippen LogP contribution in [0, 0.1) is 0 Å². The fourth-order valence-corrected chi connectivity index (χ4v) is 2.82. The van der Waals surface area contributed by atoms with Gasteiger partial charge in [-0.3, -0.25) is 4.90 Å². The number of rotatable bonds is 5. The summed E-state index contributed by atoms with van der Waals surface area (Å²) < 4.78 is 0. The molecule has 1 aliphatic heterocycles. The van der Waals surface area contributed by atoms with Gasteiger partial charge < -0.3 is 10.4 Å². The molecule has 1 heterocycles. The maximum absolute atomic E-state index is 9.16. The largest absolute Gasteiger partial charge is 0.395 e. The molecular formula is C13H24N2O. The molecular weight excluding hydrogens is 200 g/mol. The molecule has 2 rings (SSSR count). The van der Waals surface area contributed by atoms with Gasteiger partial charge in [0, 0.05) is 25.2 Å². The zero-order valence-corrected chi connectivity index (χ0v) is 10.1. The van der Waals surface area contributed by atoms with Crippen LogP contribution in [0.2, 0.25) is 0 Å². The van der Waals surface area contributed by atoms with Gasteiger partial charge in [0.15, 0.2) is 0 Å². The maximum Gasteiger partial charge on any atom is 0.0558 e. The van der Waals surface area contributed by atoms with E-state index in [0.717, 1.165) is 19.6 Å². The molecule has 0 amide bonds. The maximum atomic E-state index is 9.16. The SMILES string of the molecule is OCCN(CC1CCCN1)C1C=CCCC1. The summed E-state index contributed by atoms with van der Waals surface area (Å²) in [6, 6.07) is 1.20. The smallest absolute Gasteiger partial charge is 0.0558 e. The number of hydrogen-bond acceptors (Lipinski definition) is 3. The van der Waals surface area contributed by atoms with Crippen molar-refractivity contribution in [3.05, 3.63) is 12.2 Å². The third kappa shape index (κ3) is 3.30. The van der Waals surface area contributed by atoms with E-state index in [0.29, 0.717) is 12.1 Å². The van der Waals surface area contributed by atoms with Gasteiger partial charge in [-0.2, -0.15) is 0 Å². The van der Waals surface area contributed by atoms with Crippen LogP contribution in [0.4, 0.5) is 0 Å². The Morgan fingerprint density at radius 3 is 2.88 bits per heavy atom. The molecule has 2 N–H and O–H groups in total. The van der Waals surface area contributed by atoms with E-state index < -0.39 is 0 Å². The molecule has 0 aromatic heterocycles. The topological polar surface area (TPSA) is 35.5 Å². The van der Waals surface area contributed by atoms with Crippen molar-refractivity contribution in [3.63, 3.8) is 0 Å². The monoisotopic (exact) mass is 224 g/mol. The quantitative estimate of drug-likeness (QED) is 0.688. The van der Waals surface area contributed by atoms with E-state index in [2.05, 4.69) is 22.4 Å². The Morgan fingerprint density at radius 2 is 2.25 bits per heavy atom. The number of hydrogen-bond donors (Lipinski definition) is 2. The molecule has 1 fully saturated rings. The molecule has 2 aliphatic rings. The average molecular weight is 224 g/mol. The van der Waals surface area contributed by atoms with Crippen LogP contribution in [0.3, 0.4) is 0 Å². The first-order valence-electron chi connectivity index (χ1n) is 6.65. The van der Waals surface area contributed by atoms with Crippen LogP contribution in [0.5, 0.6) is 0 Å². The zero-order valence-electron chi connectivity index (χ0n) is 10.1. The summed E-state index contributed by atoms with van der Waals surface area (Å²) in [5, 5.41) is 12.7. The van der Waals surface area contributed by atoms with E-state index in [1.165, 1.54) is 32.1 Å². The molecule has 0 spiro atoms. The first-order valence-corrected chi connectivity index (χ1v) is 6.65. The molecule has 2 unspecified atom stereocenters. The Hall–Kier alpha value is -0.380. The van der Waals surface area contributed by atoms with E-state index in [9.17, 15) is 0 Å². The van der Waals surface area contributed by atoms with Crippen molar-refractivity contribution in [2.24, 2.45) is 0 Å². The van der Waals surface area contributed by atoms with Crippen molar-refractivity contribution in [1.82, 2.24) is 10.2 Å². The van der Waals surface area contributed by atoms with Gasteiger partial charge in [-0.1, -0.05) is 12.2 Å². The van der Waals surface area contributed by atoms with Gasteiger partial charge in [-0.05, 0) is 38.6 Å². The second-order valence-corrected chi connectivity index (χ2v) is 4.94. The molecule has 92 valence electrons. The van der Waals surface area contributed by atoms with Crippen LogP contribution < -0.4 is 5.32 Å². The molecule has 0 aromatic carbocycles. The minimum atomic E-state index is 0.275. The third-order valence-electron chi connectivity index (χ3n) is 3.70. The molecule has 1 aliphatic carbocycles. The van der Waals surface area contributed by atoms with Crippen LogP contribution in [0.1, 0.15) is 32.1 Å². The van der Waals surface area contributed by atoms with Gasteiger partial charge in [0.25, 0.3) is 0 Å². The van der Waals surface area contributed by atoms with Crippen LogP contribution >= 0.6 is 0 Å². The lowest BCUT2D eigenvalue weighted by Gasteiger charge is -2.32. The Labute approximate surface area is 98.5 Å². The summed E-state index contributed by atoms with van der Waals surface area (Å²) in [5.74, 6) is 0. The lowest BCUT2D eigenvalue weighted by Crippen LogP contribution is -2.44. The number of allylic oxidation sites excluding steroid dienone is 1. The summed E-state index contributed by atoms with van der Waals surface area (Å²) in [6.07, 6.45) is 11.0. The molecule has 2 atom stereocenters. The highest BCUT2D eigenvalue weighted by atomic mass is 16.3. The molecule has 16 heavy (non-hydrogen) atoms. The van der Waals surface area contributed by atoms with Gasteiger partial charge in [-0.15, -0.1) is 0 Å². The van der Waals surface area contributed by atoms with Crippen LogP contribution in [0.25, 0.3) is 0 Å². The number of nitrogens with one attached hydrogen (secondary N) is 1. The third-order valence-corrected chi connectivity index (χ3v) is 3.70. The van der Waals surface area contributed by atoms with Crippen molar-refractivity contribution in [2.75, 3.05) is 26.2 Å². The van der Waals surface area contributed by atoms with Gasteiger partial charge >= 0.3 is 0 Å². The van der Waals surface area contributed by atoms with Crippen molar-refractivity contribution in [1.29, 1.82) is 0 Å². The van der Waals surface area contributed by atoms with Gasteiger partial charge in [0.05, 0.1) is 6.61 Å². The molecule has 3 heteroatoms. The Morgan fingerprint density at radius 1 is 1.31 bits per heavy atom. The average Bonchev–Trinajstić information content (AvgIpc) is 2.83. The molecule has 0 saturated carbocycles. The van der Waals surface area contributed by atoms with Gasteiger partial charge in [0.2, 0.25) is 0 Å². The molecule has 1 saturated heterocycles. The predicted molar refractivity (Wildman–Crippen MR) is 66.5 cm³/mol. The van der Waals surface area contributed by atoms with Gasteiger partial charge in [0.1, 0.15) is 0 Å². The van der Waals surface area contributed by atoms with Crippen molar-refractivity contribution >= 4 is 0 Å². The second-order valence-electron chi connectivity index (χ2n) is 4.94. The highest BCUT2D eigenvalue weighted by molar-refractivity contribution is 4.99. The Balaban J connectivity index is 1.87. The van der Waals surface area contributed by atoms with Crippen LogP contribution in [-0.2, 0) is 0 Å². The first kappa shape index (κ1) is 12.1. The predicted octanol–water partition coefficient (Wildman–Crippen LogP) is 1.14. The molecule has 0 bridgehead atoms. The minimum absolute atomic E-state index is 0.275. The van der Waals surface area contributed by atoms with Crippen LogP contribution in [-0.4, -0.2) is 48.3 Å². The summed E-state index contributed by atoms with van der Waals surface area (Å²) in [7, 11) is 0. The van der Waals surface area contributed by atoms with Crippen molar-refractivity contribution < 1.29 is 5.11 Å². The van der Waals surface area contributed by atoms with Crippen molar-refractivity contribution in [3.8, 4) is 0 Å². The van der Waals surface area contributed by atoms with E-state index in [1.54, 1.807) is 0 Å². The summed E-state index contributed by atoms with van der Waals surface area (Å²) in [6.45, 7) is 3.35. The standard InChI is InChI=1S/C13H24N2O/c16-10-9-15(11-12-5-4-8-14-12)13-6-2-1-3-7-13/h2,6,12-14,16H,1,3-5,7-11H2. The number of aliphatic hydroxyl groups excluding tert-OH is 1. The molecule has 0 aromatic rings. The van der Waals surface area contributed by atoms with E-state index >= 15 is 0 Å². The highest BCUT2D eigenvalue weighted by Crippen LogP contribution is 2.18. The first-order chi connectivity index (χ1) is 7.90. The normalized spacial score (nSPS) is 30.1. The zero-order chi connectivity index (χ0) is 11.2. The number of nitrogens with zero attached hydrogens (tertiary/aromatic N) is 1. The molecule has 0 radical (unpaired) electrons. The van der Waals surface area contributed by atoms with Crippen LogP contribution in [0.15, 0.2) is 12.2 Å². The minimum Gasteiger partial charge on any atom is -0.395 e. The lowest BCUT2D eigenvalue weighted by atomic mass is 10.0. The van der Waals surface area contributed by atoms with E-state index in [4.69, 9.17) is 5.11 Å². The fraction of sp³-hybridized carbons (Fsp3) is 0.846. The van der Waals surface area contributed by atoms with Gasteiger partial charge in [-0.25, -0.2) is 0 Å². The summed E-state index contributed by atoms with van der Waals surface area (Å²) >= 11 is 0. The van der Waals surface area contributed by atoms with E-state index in [1.807, 2.05) is 0 Å². The lowest BCUT2D eigenvalue weighted by molar-refractivity contribution is 0.151. The second kappa shape index (κ2) is 6.38. The summed E-state index contributed by atoms with van der Waals surface area (Å²) in [5.41, 5.74) is 0.